The zero-order chi connectivity index (χ0) is 16.9. The highest BCUT2D eigenvalue weighted by atomic mass is 32.2. The minimum atomic E-state index is -0.158. The van der Waals surface area contributed by atoms with Crippen LogP contribution in [0.2, 0.25) is 0 Å². The quantitative estimate of drug-likeness (QED) is 0.700. The topological polar surface area (TPSA) is 75.5 Å². The molecule has 0 fully saturated rings. The Labute approximate surface area is 143 Å². The maximum absolute atomic E-state index is 12.1. The first kappa shape index (κ1) is 16.1. The van der Waals surface area contributed by atoms with Crippen LogP contribution in [0, 0.1) is 0 Å². The lowest BCUT2D eigenvalue weighted by Crippen LogP contribution is -2.18. The molecule has 2 amide bonds. The van der Waals surface area contributed by atoms with Gasteiger partial charge in [0.25, 0.3) is 5.91 Å². The Balaban J connectivity index is 1.58. The molecule has 0 aliphatic heterocycles. The molecule has 3 rings (SSSR count). The van der Waals surface area contributed by atoms with Gasteiger partial charge in [-0.05, 0) is 36.4 Å². The number of amides is 2. The van der Waals surface area contributed by atoms with E-state index in [0.717, 1.165) is 10.7 Å². The van der Waals surface area contributed by atoms with Crippen molar-refractivity contribution in [3.63, 3.8) is 0 Å². The Bertz CT molecular complexity index is 874. The van der Waals surface area contributed by atoms with Crippen LogP contribution in [0.1, 0.15) is 10.4 Å². The highest BCUT2D eigenvalue weighted by molar-refractivity contribution is 7.99. The van der Waals surface area contributed by atoms with Crippen LogP contribution in [0.4, 0.5) is 5.69 Å². The van der Waals surface area contributed by atoms with E-state index in [9.17, 15) is 9.59 Å². The number of imidazole rings is 1. The Hall–Kier alpha value is -2.80. The van der Waals surface area contributed by atoms with Crippen molar-refractivity contribution >= 4 is 34.8 Å². The van der Waals surface area contributed by atoms with Gasteiger partial charge in [0.15, 0.2) is 5.16 Å². The number of pyridine rings is 1. The van der Waals surface area contributed by atoms with Gasteiger partial charge in [0.1, 0.15) is 0 Å². The zero-order valence-corrected chi connectivity index (χ0v) is 13.8. The molecule has 24 heavy (non-hydrogen) atoms. The summed E-state index contributed by atoms with van der Waals surface area (Å²) in [4.78, 5) is 27.9. The lowest BCUT2D eigenvalue weighted by atomic mass is 10.2. The van der Waals surface area contributed by atoms with Crippen LogP contribution in [-0.2, 0) is 4.79 Å². The second kappa shape index (κ2) is 7.18. The Morgan fingerprint density at radius 2 is 1.96 bits per heavy atom. The predicted molar refractivity (Wildman–Crippen MR) is 94.4 cm³/mol. The summed E-state index contributed by atoms with van der Waals surface area (Å²) in [5.74, 6) is -0.0273. The van der Waals surface area contributed by atoms with E-state index < -0.39 is 0 Å². The molecule has 2 heterocycles. The molecule has 6 nitrogen and oxygen atoms in total. The number of nitrogens with one attached hydrogen (secondary N) is 2. The van der Waals surface area contributed by atoms with Gasteiger partial charge in [-0.25, -0.2) is 4.98 Å². The summed E-state index contributed by atoms with van der Waals surface area (Å²) in [5.41, 5.74) is 2.19. The largest absolute Gasteiger partial charge is 0.355 e. The van der Waals surface area contributed by atoms with Gasteiger partial charge in [-0.15, -0.1) is 0 Å². The fraction of sp³-hybridized carbons (Fsp3) is 0.118. The maximum atomic E-state index is 12.1. The summed E-state index contributed by atoms with van der Waals surface area (Å²) in [6, 6.07) is 12.6. The molecule has 0 atom stereocenters. The van der Waals surface area contributed by atoms with Gasteiger partial charge in [0.05, 0.1) is 17.5 Å². The molecule has 0 aliphatic carbocycles. The number of aromatic nitrogens is 2. The SMILES string of the molecule is CNC(=O)c1ccc(NC(=O)CSc2ncc3ccccn23)cc1. The molecule has 1 aromatic carbocycles. The van der Waals surface area contributed by atoms with Crippen LogP contribution in [0.5, 0.6) is 0 Å². The summed E-state index contributed by atoms with van der Waals surface area (Å²) in [6.45, 7) is 0. The molecule has 2 aromatic heterocycles. The van der Waals surface area contributed by atoms with Gasteiger partial charge < -0.3 is 10.6 Å². The number of anilines is 1. The van der Waals surface area contributed by atoms with E-state index in [4.69, 9.17) is 0 Å². The van der Waals surface area contributed by atoms with Crippen LogP contribution in [0.3, 0.4) is 0 Å². The number of hydrogen-bond acceptors (Lipinski definition) is 4. The summed E-state index contributed by atoms with van der Waals surface area (Å²) < 4.78 is 1.94. The Morgan fingerprint density at radius 3 is 2.71 bits per heavy atom. The minimum absolute atomic E-state index is 0.125. The van der Waals surface area contributed by atoms with Crippen molar-refractivity contribution in [2.75, 3.05) is 18.1 Å². The van der Waals surface area contributed by atoms with E-state index in [-0.39, 0.29) is 17.6 Å². The smallest absolute Gasteiger partial charge is 0.251 e. The lowest BCUT2D eigenvalue weighted by molar-refractivity contribution is -0.113. The fourth-order valence-electron chi connectivity index (χ4n) is 2.20. The number of hydrogen-bond donors (Lipinski definition) is 2. The van der Waals surface area contributed by atoms with E-state index in [1.165, 1.54) is 11.8 Å². The normalized spacial score (nSPS) is 10.5. The molecule has 0 bridgehead atoms. The van der Waals surface area contributed by atoms with Crippen LogP contribution in [0.15, 0.2) is 60.0 Å². The van der Waals surface area contributed by atoms with Crippen LogP contribution < -0.4 is 10.6 Å². The molecule has 7 heteroatoms. The van der Waals surface area contributed by atoms with Gasteiger partial charge in [0.2, 0.25) is 5.91 Å². The van der Waals surface area contributed by atoms with Crippen molar-refractivity contribution in [2.45, 2.75) is 5.16 Å². The average molecular weight is 340 g/mol. The molecular weight excluding hydrogens is 324 g/mol. The highest BCUT2D eigenvalue weighted by Crippen LogP contribution is 2.18. The molecule has 0 unspecified atom stereocenters. The number of benzene rings is 1. The summed E-state index contributed by atoms with van der Waals surface area (Å²) in [5, 5.41) is 6.13. The molecule has 0 saturated heterocycles. The van der Waals surface area contributed by atoms with Crippen molar-refractivity contribution < 1.29 is 9.59 Å². The van der Waals surface area contributed by atoms with Gasteiger partial charge in [-0.1, -0.05) is 17.8 Å². The first-order valence-corrected chi connectivity index (χ1v) is 8.33. The van der Waals surface area contributed by atoms with Crippen molar-refractivity contribution in [3.05, 3.63) is 60.4 Å². The minimum Gasteiger partial charge on any atom is -0.355 e. The molecule has 0 spiro atoms. The number of carbonyl (C=O) groups excluding carboxylic acids is 2. The lowest BCUT2D eigenvalue weighted by Gasteiger charge is -2.06. The van der Waals surface area contributed by atoms with Gasteiger partial charge in [-0.2, -0.15) is 0 Å². The number of fused-ring (bicyclic) bond motifs is 1. The van der Waals surface area contributed by atoms with Crippen molar-refractivity contribution in [1.82, 2.24) is 14.7 Å². The molecule has 0 aliphatic rings. The third-order valence-electron chi connectivity index (χ3n) is 3.40. The van der Waals surface area contributed by atoms with E-state index in [0.29, 0.717) is 11.3 Å². The van der Waals surface area contributed by atoms with Crippen molar-refractivity contribution in [2.24, 2.45) is 0 Å². The number of nitrogens with zero attached hydrogens (tertiary/aromatic N) is 2. The average Bonchev–Trinajstić information content (AvgIpc) is 3.03. The Kier molecular flexibility index (Phi) is 4.81. The van der Waals surface area contributed by atoms with Gasteiger partial charge in [-0.3, -0.25) is 14.0 Å². The highest BCUT2D eigenvalue weighted by Gasteiger charge is 2.09. The second-order valence-corrected chi connectivity index (χ2v) is 5.97. The number of thioether (sulfide) groups is 1. The van der Waals surface area contributed by atoms with Crippen molar-refractivity contribution in [1.29, 1.82) is 0 Å². The first-order chi connectivity index (χ1) is 11.7. The monoisotopic (exact) mass is 340 g/mol. The van der Waals surface area contributed by atoms with Crippen molar-refractivity contribution in [3.8, 4) is 0 Å². The third kappa shape index (κ3) is 3.57. The third-order valence-corrected chi connectivity index (χ3v) is 4.36. The predicted octanol–water partition coefficient (Wildman–Crippen LogP) is 2.42. The van der Waals surface area contributed by atoms with E-state index >= 15 is 0 Å². The summed E-state index contributed by atoms with van der Waals surface area (Å²) >= 11 is 1.37. The Morgan fingerprint density at radius 1 is 1.17 bits per heavy atom. The van der Waals surface area contributed by atoms with Crippen LogP contribution in [-0.4, -0.2) is 34.0 Å². The maximum Gasteiger partial charge on any atom is 0.251 e. The van der Waals surface area contributed by atoms with E-state index in [1.807, 2.05) is 28.8 Å². The summed E-state index contributed by atoms with van der Waals surface area (Å²) in [6.07, 6.45) is 3.69. The fourth-order valence-corrected chi connectivity index (χ4v) is 2.97. The second-order valence-electron chi connectivity index (χ2n) is 5.03. The zero-order valence-electron chi connectivity index (χ0n) is 13.0. The van der Waals surface area contributed by atoms with E-state index in [1.54, 1.807) is 37.5 Å². The number of rotatable bonds is 5. The molecule has 122 valence electrons. The summed E-state index contributed by atoms with van der Waals surface area (Å²) in [7, 11) is 1.58. The van der Waals surface area contributed by atoms with Gasteiger partial charge in [0, 0.05) is 24.5 Å². The number of carbonyl (C=O) groups is 2. The molecule has 3 aromatic rings. The molecule has 0 saturated carbocycles. The van der Waals surface area contributed by atoms with E-state index in [2.05, 4.69) is 15.6 Å². The molecule has 2 N–H and O–H groups in total. The van der Waals surface area contributed by atoms with Gasteiger partial charge >= 0.3 is 0 Å². The standard InChI is InChI=1S/C17H16N4O2S/c1-18-16(23)12-5-7-13(8-6-12)20-15(22)11-24-17-19-10-14-4-2-3-9-21(14)17/h2-10H,11H2,1H3,(H,18,23)(H,20,22). The van der Waals surface area contributed by atoms with Crippen LogP contribution in [0.25, 0.3) is 5.52 Å². The first-order valence-electron chi connectivity index (χ1n) is 7.34. The molecular formula is C17H16N4O2S. The van der Waals surface area contributed by atoms with Crippen LogP contribution >= 0.6 is 11.8 Å². The molecule has 0 radical (unpaired) electrons.